The zero-order valence-corrected chi connectivity index (χ0v) is 18.8. The van der Waals surface area contributed by atoms with E-state index in [4.69, 9.17) is 0 Å². The summed E-state index contributed by atoms with van der Waals surface area (Å²) in [4.78, 5) is 31.6. The summed E-state index contributed by atoms with van der Waals surface area (Å²) in [6, 6.07) is 28.9. The number of pyridine rings is 2. The van der Waals surface area contributed by atoms with E-state index in [2.05, 4.69) is 9.97 Å². The van der Waals surface area contributed by atoms with Gasteiger partial charge in [0.05, 0.1) is 0 Å². The number of carbonyl (C=O) groups is 2. The molecular formula is C24H18ClN2O2Pt-. The van der Waals surface area contributed by atoms with Crippen LogP contribution in [-0.2, 0) is 21.1 Å². The second-order valence-electron chi connectivity index (χ2n) is 5.82. The van der Waals surface area contributed by atoms with Crippen LogP contribution in [-0.4, -0.2) is 21.5 Å². The average molecular weight is 597 g/mol. The van der Waals surface area contributed by atoms with E-state index in [0.717, 1.165) is 0 Å². The minimum atomic E-state index is -0.0359. The minimum Gasteiger partial charge on any atom is -1.00 e. The van der Waals surface area contributed by atoms with Crippen molar-refractivity contribution in [1.29, 1.82) is 0 Å². The molecule has 0 N–H and O–H groups in total. The molecule has 0 bridgehead atoms. The summed E-state index contributed by atoms with van der Waals surface area (Å²) in [5.41, 5.74) is 2.31. The van der Waals surface area contributed by atoms with Gasteiger partial charge in [-0.25, -0.2) is 0 Å². The van der Waals surface area contributed by atoms with Crippen LogP contribution in [0.1, 0.15) is 32.1 Å². The summed E-state index contributed by atoms with van der Waals surface area (Å²) in [5, 5.41) is 0. The molecule has 0 atom stereocenters. The molecule has 0 saturated carbocycles. The molecule has 4 nitrogen and oxygen atoms in total. The quantitative estimate of drug-likeness (QED) is 0.336. The third-order valence-electron chi connectivity index (χ3n) is 3.87. The van der Waals surface area contributed by atoms with E-state index < -0.39 is 0 Å². The molecule has 2 aromatic heterocycles. The third-order valence-corrected chi connectivity index (χ3v) is 3.87. The normalized spacial score (nSPS) is 9.07. The van der Waals surface area contributed by atoms with Crippen molar-refractivity contribution >= 4 is 11.6 Å². The number of nitrogens with zero attached hydrogens (tertiary/aromatic N) is 2. The van der Waals surface area contributed by atoms with Gasteiger partial charge in [-0.3, -0.25) is 19.6 Å². The SMILES string of the molecule is O=C(c1ccccc1)c1ccccn1.O=C(c1ccccc1)c1ccccn1.[Cl-].[Pt]. The van der Waals surface area contributed by atoms with Crippen LogP contribution < -0.4 is 12.4 Å². The van der Waals surface area contributed by atoms with Gasteiger partial charge in [0.1, 0.15) is 11.4 Å². The molecule has 4 aromatic rings. The molecule has 30 heavy (non-hydrogen) atoms. The molecule has 154 valence electrons. The molecule has 4 rings (SSSR count). The molecule has 0 fully saturated rings. The largest absolute Gasteiger partial charge is 1.00 e. The Labute approximate surface area is 196 Å². The van der Waals surface area contributed by atoms with Crippen molar-refractivity contribution < 1.29 is 43.1 Å². The van der Waals surface area contributed by atoms with Gasteiger partial charge in [-0.15, -0.1) is 0 Å². The number of aromatic nitrogens is 2. The summed E-state index contributed by atoms with van der Waals surface area (Å²) in [7, 11) is 0. The maximum absolute atomic E-state index is 11.8. The fourth-order valence-corrected chi connectivity index (χ4v) is 2.47. The van der Waals surface area contributed by atoms with Crippen molar-refractivity contribution in [2.24, 2.45) is 0 Å². The van der Waals surface area contributed by atoms with Gasteiger partial charge in [0.25, 0.3) is 0 Å². The molecule has 0 aliphatic heterocycles. The molecule has 0 radical (unpaired) electrons. The topological polar surface area (TPSA) is 59.9 Å². The standard InChI is InChI=1S/2C12H9NO.ClH.Pt/c2*14-12(10-6-2-1-3-7-10)11-8-4-5-9-13-11;;/h2*1-9H;1H;/p-1. The van der Waals surface area contributed by atoms with Gasteiger partial charge in [0.2, 0.25) is 11.6 Å². The first-order chi connectivity index (χ1) is 13.8. The number of hydrogen-bond acceptors (Lipinski definition) is 4. The molecular weight excluding hydrogens is 579 g/mol. The number of hydrogen-bond donors (Lipinski definition) is 0. The predicted molar refractivity (Wildman–Crippen MR) is 108 cm³/mol. The smallest absolute Gasteiger partial charge is 0.211 e. The van der Waals surface area contributed by atoms with E-state index in [0.29, 0.717) is 22.5 Å². The molecule has 2 heterocycles. The van der Waals surface area contributed by atoms with Crippen molar-refractivity contribution in [1.82, 2.24) is 9.97 Å². The number of halogens is 1. The van der Waals surface area contributed by atoms with Gasteiger partial charge < -0.3 is 12.4 Å². The van der Waals surface area contributed by atoms with Crippen molar-refractivity contribution in [2.75, 3.05) is 0 Å². The van der Waals surface area contributed by atoms with E-state index in [9.17, 15) is 9.59 Å². The molecule has 0 aliphatic rings. The van der Waals surface area contributed by atoms with E-state index in [-0.39, 0.29) is 45.0 Å². The Kier molecular flexibility index (Phi) is 11.1. The summed E-state index contributed by atoms with van der Waals surface area (Å²) in [5.74, 6) is -0.0719. The molecule has 0 saturated heterocycles. The van der Waals surface area contributed by atoms with Gasteiger partial charge in [-0.1, -0.05) is 72.8 Å². The summed E-state index contributed by atoms with van der Waals surface area (Å²) < 4.78 is 0. The summed E-state index contributed by atoms with van der Waals surface area (Å²) in [6.45, 7) is 0. The van der Waals surface area contributed by atoms with Crippen LogP contribution in [0.5, 0.6) is 0 Å². The van der Waals surface area contributed by atoms with Gasteiger partial charge in [-0.05, 0) is 24.3 Å². The average Bonchev–Trinajstić information content (AvgIpc) is 2.81. The van der Waals surface area contributed by atoms with Gasteiger partial charge in [0.15, 0.2) is 0 Å². The fraction of sp³-hybridized carbons (Fsp3) is 0. The number of benzene rings is 2. The Morgan fingerprint density at radius 2 is 0.833 bits per heavy atom. The molecule has 0 unspecified atom stereocenters. The minimum absolute atomic E-state index is 0. The van der Waals surface area contributed by atoms with Gasteiger partial charge in [-0.2, -0.15) is 0 Å². The monoisotopic (exact) mass is 596 g/mol. The van der Waals surface area contributed by atoms with Crippen molar-refractivity contribution in [3.8, 4) is 0 Å². The van der Waals surface area contributed by atoms with E-state index >= 15 is 0 Å². The third kappa shape index (κ3) is 7.14. The maximum Gasteiger partial charge on any atom is 0.211 e. The van der Waals surface area contributed by atoms with Crippen LogP contribution >= 0.6 is 0 Å². The number of carbonyl (C=O) groups excluding carboxylic acids is 2. The Balaban J connectivity index is 0.000000281. The molecule has 0 amide bonds. The Morgan fingerprint density at radius 1 is 0.500 bits per heavy atom. The first-order valence-electron chi connectivity index (χ1n) is 8.77. The Morgan fingerprint density at radius 3 is 1.13 bits per heavy atom. The van der Waals surface area contributed by atoms with Gasteiger partial charge in [0, 0.05) is 44.6 Å². The summed E-state index contributed by atoms with van der Waals surface area (Å²) >= 11 is 0. The predicted octanol–water partition coefficient (Wildman–Crippen LogP) is 1.63. The second kappa shape index (κ2) is 13.3. The maximum atomic E-state index is 11.8. The van der Waals surface area contributed by atoms with Crippen LogP contribution in [0.25, 0.3) is 0 Å². The van der Waals surface area contributed by atoms with Crippen LogP contribution in [0, 0.1) is 0 Å². The van der Waals surface area contributed by atoms with Crippen molar-refractivity contribution in [3.63, 3.8) is 0 Å². The molecule has 6 heteroatoms. The second-order valence-corrected chi connectivity index (χ2v) is 5.82. The van der Waals surface area contributed by atoms with E-state index in [1.54, 1.807) is 60.9 Å². The van der Waals surface area contributed by atoms with Crippen molar-refractivity contribution in [2.45, 2.75) is 0 Å². The Hall–Kier alpha value is -2.94. The number of ketones is 2. The van der Waals surface area contributed by atoms with Crippen LogP contribution in [0.2, 0.25) is 0 Å². The summed E-state index contributed by atoms with van der Waals surface area (Å²) in [6.07, 6.45) is 3.24. The first-order valence-corrected chi connectivity index (χ1v) is 8.77. The van der Waals surface area contributed by atoms with Crippen LogP contribution in [0.4, 0.5) is 0 Å². The van der Waals surface area contributed by atoms with Crippen LogP contribution in [0.3, 0.4) is 0 Å². The van der Waals surface area contributed by atoms with Crippen LogP contribution in [0.15, 0.2) is 109 Å². The molecule has 0 aliphatic carbocycles. The van der Waals surface area contributed by atoms with Crippen molar-refractivity contribution in [3.05, 3.63) is 132 Å². The van der Waals surface area contributed by atoms with E-state index in [1.807, 2.05) is 48.5 Å². The zero-order valence-electron chi connectivity index (χ0n) is 15.8. The molecule has 0 spiro atoms. The first kappa shape index (κ1) is 25.1. The van der Waals surface area contributed by atoms with E-state index in [1.165, 1.54) is 0 Å². The number of rotatable bonds is 4. The zero-order chi connectivity index (χ0) is 19.6. The van der Waals surface area contributed by atoms with Gasteiger partial charge >= 0.3 is 0 Å². The molecule has 2 aromatic carbocycles. The Bertz CT molecular complexity index is 862. The fourth-order valence-electron chi connectivity index (χ4n) is 2.47.